The average Bonchev–Trinajstić information content (AvgIpc) is 2.29. The Morgan fingerprint density at radius 3 is 2.82 bits per heavy atom. The van der Waals surface area contributed by atoms with Gasteiger partial charge in [0.1, 0.15) is 0 Å². The molecule has 1 aromatic heterocycles. The molecule has 0 unspecified atom stereocenters. The van der Waals surface area contributed by atoms with E-state index < -0.39 is 5.97 Å². The highest BCUT2D eigenvalue weighted by Gasteiger charge is 2.12. The fourth-order valence-corrected chi connectivity index (χ4v) is 1.42. The van der Waals surface area contributed by atoms with Crippen LogP contribution in [0.5, 0.6) is 0 Å². The SMILES string of the molecule is CCCCCC(=O)Nc1cccnc1C(=O)O. The van der Waals surface area contributed by atoms with Gasteiger partial charge in [0, 0.05) is 12.6 Å². The quantitative estimate of drug-likeness (QED) is 0.743. The van der Waals surface area contributed by atoms with Crippen LogP contribution in [0.2, 0.25) is 0 Å². The molecule has 0 bridgehead atoms. The molecule has 0 saturated carbocycles. The summed E-state index contributed by atoms with van der Waals surface area (Å²) in [4.78, 5) is 26.1. The number of aromatic carboxylic acids is 1. The second kappa shape index (κ2) is 6.62. The Labute approximate surface area is 99.9 Å². The number of anilines is 1. The molecule has 1 aromatic rings. The van der Waals surface area contributed by atoms with Gasteiger partial charge >= 0.3 is 5.97 Å². The number of carboxylic acid groups (broad SMARTS) is 1. The molecule has 0 fully saturated rings. The van der Waals surface area contributed by atoms with E-state index >= 15 is 0 Å². The molecule has 5 nitrogen and oxygen atoms in total. The lowest BCUT2D eigenvalue weighted by Gasteiger charge is -2.06. The van der Waals surface area contributed by atoms with Crippen LogP contribution in [0.4, 0.5) is 5.69 Å². The molecule has 0 aliphatic carbocycles. The second-order valence-corrected chi connectivity index (χ2v) is 3.71. The number of rotatable bonds is 6. The Morgan fingerprint density at radius 2 is 2.18 bits per heavy atom. The van der Waals surface area contributed by atoms with E-state index in [1.54, 1.807) is 6.07 Å². The van der Waals surface area contributed by atoms with Crippen molar-refractivity contribution in [2.75, 3.05) is 5.32 Å². The van der Waals surface area contributed by atoms with E-state index in [0.29, 0.717) is 6.42 Å². The predicted molar refractivity (Wildman–Crippen MR) is 64.0 cm³/mol. The summed E-state index contributed by atoms with van der Waals surface area (Å²) in [6.45, 7) is 2.06. The fraction of sp³-hybridized carbons (Fsp3) is 0.417. The maximum Gasteiger partial charge on any atom is 0.356 e. The Hall–Kier alpha value is -1.91. The van der Waals surface area contributed by atoms with Crippen LogP contribution >= 0.6 is 0 Å². The Balaban J connectivity index is 2.61. The molecule has 1 heterocycles. The zero-order valence-electron chi connectivity index (χ0n) is 9.77. The van der Waals surface area contributed by atoms with Gasteiger partial charge in [-0.2, -0.15) is 0 Å². The number of hydrogen-bond acceptors (Lipinski definition) is 3. The van der Waals surface area contributed by atoms with Gasteiger partial charge in [-0.15, -0.1) is 0 Å². The molecular formula is C12H16N2O3. The lowest BCUT2D eigenvalue weighted by Crippen LogP contribution is -2.15. The average molecular weight is 236 g/mol. The number of nitrogens with one attached hydrogen (secondary N) is 1. The molecule has 0 radical (unpaired) electrons. The maximum atomic E-state index is 11.5. The van der Waals surface area contributed by atoms with Crippen molar-refractivity contribution >= 4 is 17.6 Å². The number of carbonyl (C=O) groups is 2. The van der Waals surface area contributed by atoms with Gasteiger partial charge in [0.25, 0.3) is 0 Å². The number of carboxylic acids is 1. The summed E-state index contributed by atoms with van der Waals surface area (Å²) in [5.41, 5.74) is 0.123. The summed E-state index contributed by atoms with van der Waals surface area (Å²) in [6, 6.07) is 3.13. The summed E-state index contributed by atoms with van der Waals surface area (Å²) in [5, 5.41) is 11.4. The first-order valence-electron chi connectivity index (χ1n) is 5.63. The van der Waals surface area contributed by atoms with Crippen molar-refractivity contribution in [2.24, 2.45) is 0 Å². The molecule has 5 heteroatoms. The van der Waals surface area contributed by atoms with Crippen LogP contribution in [0.15, 0.2) is 18.3 Å². The van der Waals surface area contributed by atoms with Crippen molar-refractivity contribution < 1.29 is 14.7 Å². The summed E-state index contributed by atoms with van der Waals surface area (Å²) in [6.07, 6.45) is 4.63. The van der Waals surface area contributed by atoms with Crippen LogP contribution in [0.1, 0.15) is 43.1 Å². The summed E-state index contributed by atoms with van der Waals surface area (Å²) in [5.74, 6) is -1.32. The van der Waals surface area contributed by atoms with Gasteiger partial charge in [0.05, 0.1) is 5.69 Å². The summed E-state index contributed by atoms with van der Waals surface area (Å²) in [7, 11) is 0. The Kier molecular flexibility index (Phi) is 5.13. The Morgan fingerprint density at radius 1 is 1.41 bits per heavy atom. The highest BCUT2D eigenvalue weighted by atomic mass is 16.4. The zero-order chi connectivity index (χ0) is 12.7. The molecule has 1 rings (SSSR count). The number of unbranched alkanes of at least 4 members (excludes halogenated alkanes) is 2. The van der Waals surface area contributed by atoms with E-state index in [9.17, 15) is 9.59 Å². The largest absolute Gasteiger partial charge is 0.476 e. The highest BCUT2D eigenvalue weighted by Crippen LogP contribution is 2.12. The first kappa shape index (κ1) is 13.2. The monoisotopic (exact) mass is 236 g/mol. The summed E-state index contributed by atoms with van der Waals surface area (Å²) < 4.78 is 0. The first-order valence-corrected chi connectivity index (χ1v) is 5.63. The van der Waals surface area contributed by atoms with Gasteiger partial charge in [-0.05, 0) is 18.6 Å². The summed E-state index contributed by atoms with van der Waals surface area (Å²) >= 11 is 0. The smallest absolute Gasteiger partial charge is 0.356 e. The van der Waals surface area contributed by atoms with Crippen LogP contribution in [0.3, 0.4) is 0 Å². The molecule has 0 aliphatic heterocycles. The molecule has 0 atom stereocenters. The van der Waals surface area contributed by atoms with Crippen LogP contribution in [-0.2, 0) is 4.79 Å². The van der Waals surface area contributed by atoms with E-state index in [-0.39, 0.29) is 17.3 Å². The lowest BCUT2D eigenvalue weighted by molar-refractivity contribution is -0.116. The van der Waals surface area contributed by atoms with Crippen molar-refractivity contribution in [1.29, 1.82) is 0 Å². The molecule has 0 spiro atoms. The standard InChI is InChI=1S/C12H16N2O3/c1-2-3-4-7-10(15)14-9-6-5-8-13-11(9)12(16)17/h5-6,8H,2-4,7H2,1H3,(H,14,15)(H,16,17). The highest BCUT2D eigenvalue weighted by molar-refractivity contribution is 5.98. The minimum absolute atomic E-state index is 0.128. The minimum Gasteiger partial charge on any atom is -0.476 e. The number of hydrogen-bond donors (Lipinski definition) is 2. The van der Waals surface area contributed by atoms with Crippen LogP contribution in [0.25, 0.3) is 0 Å². The number of amides is 1. The molecule has 0 aliphatic rings. The molecule has 17 heavy (non-hydrogen) atoms. The van der Waals surface area contributed by atoms with Gasteiger partial charge < -0.3 is 10.4 Å². The van der Waals surface area contributed by atoms with E-state index in [1.807, 2.05) is 0 Å². The van der Waals surface area contributed by atoms with E-state index in [0.717, 1.165) is 19.3 Å². The minimum atomic E-state index is -1.14. The second-order valence-electron chi connectivity index (χ2n) is 3.71. The van der Waals surface area contributed by atoms with E-state index in [4.69, 9.17) is 5.11 Å². The fourth-order valence-electron chi connectivity index (χ4n) is 1.42. The number of carbonyl (C=O) groups excluding carboxylic acids is 1. The van der Waals surface area contributed by atoms with Gasteiger partial charge in [0.2, 0.25) is 5.91 Å². The van der Waals surface area contributed by atoms with Gasteiger partial charge in [-0.3, -0.25) is 4.79 Å². The number of aromatic nitrogens is 1. The number of nitrogens with zero attached hydrogens (tertiary/aromatic N) is 1. The van der Waals surface area contributed by atoms with Crippen molar-refractivity contribution in [2.45, 2.75) is 32.6 Å². The molecule has 2 N–H and O–H groups in total. The predicted octanol–water partition coefficient (Wildman–Crippen LogP) is 2.30. The topological polar surface area (TPSA) is 79.3 Å². The molecule has 1 amide bonds. The van der Waals surface area contributed by atoms with E-state index in [2.05, 4.69) is 17.2 Å². The van der Waals surface area contributed by atoms with Gasteiger partial charge in [0.15, 0.2) is 5.69 Å². The normalized spacial score (nSPS) is 9.94. The van der Waals surface area contributed by atoms with Crippen molar-refractivity contribution in [3.63, 3.8) is 0 Å². The van der Waals surface area contributed by atoms with Crippen molar-refractivity contribution in [3.05, 3.63) is 24.0 Å². The molecule has 92 valence electrons. The zero-order valence-corrected chi connectivity index (χ0v) is 9.77. The maximum absolute atomic E-state index is 11.5. The van der Waals surface area contributed by atoms with Crippen LogP contribution in [0, 0.1) is 0 Å². The third-order valence-corrected chi connectivity index (χ3v) is 2.29. The first-order chi connectivity index (χ1) is 8.15. The Bertz CT molecular complexity index is 404. The van der Waals surface area contributed by atoms with Crippen molar-refractivity contribution in [3.8, 4) is 0 Å². The van der Waals surface area contributed by atoms with E-state index in [1.165, 1.54) is 12.3 Å². The van der Waals surface area contributed by atoms with Gasteiger partial charge in [-0.1, -0.05) is 19.8 Å². The van der Waals surface area contributed by atoms with Crippen LogP contribution in [-0.4, -0.2) is 22.0 Å². The molecule has 0 saturated heterocycles. The lowest BCUT2D eigenvalue weighted by atomic mass is 10.2. The van der Waals surface area contributed by atoms with Gasteiger partial charge in [-0.25, -0.2) is 9.78 Å². The van der Waals surface area contributed by atoms with Crippen molar-refractivity contribution in [1.82, 2.24) is 4.98 Å². The molecule has 0 aromatic carbocycles. The van der Waals surface area contributed by atoms with Crippen LogP contribution < -0.4 is 5.32 Å². The third kappa shape index (κ3) is 4.22. The third-order valence-electron chi connectivity index (χ3n) is 2.29. The number of pyridine rings is 1. The molecular weight excluding hydrogens is 220 g/mol.